The lowest BCUT2D eigenvalue weighted by atomic mass is 10.1. The predicted octanol–water partition coefficient (Wildman–Crippen LogP) is 3.97. The summed E-state index contributed by atoms with van der Waals surface area (Å²) in [5.74, 6) is -0.521. The maximum Gasteiger partial charge on any atom is 0.303 e. The van der Waals surface area contributed by atoms with E-state index >= 15 is 0 Å². The summed E-state index contributed by atoms with van der Waals surface area (Å²) in [5.41, 5.74) is 1.48. The highest BCUT2D eigenvalue weighted by Gasteiger charge is 2.08. The maximum atomic E-state index is 11.8. The van der Waals surface area contributed by atoms with E-state index in [0.29, 0.717) is 22.9 Å². The van der Waals surface area contributed by atoms with Crippen LogP contribution >= 0.6 is 11.6 Å². The number of ether oxygens (including phenoxy) is 1. The van der Waals surface area contributed by atoms with Gasteiger partial charge < -0.3 is 9.84 Å². The van der Waals surface area contributed by atoms with Gasteiger partial charge >= 0.3 is 5.97 Å². The number of carbonyl (C=O) groups excluding carboxylic acids is 1. The highest BCUT2D eigenvalue weighted by atomic mass is 35.5. The summed E-state index contributed by atoms with van der Waals surface area (Å²) in [7, 11) is 0. The number of carboxylic acid groups (broad SMARTS) is 1. The van der Waals surface area contributed by atoms with Crippen LogP contribution in [0, 0.1) is 0 Å². The van der Waals surface area contributed by atoms with E-state index in [1.165, 1.54) is 0 Å². The van der Waals surface area contributed by atoms with E-state index in [4.69, 9.17) is 21.4 Å². The summed E-state index contributed by atoms with van der Waals surface area (Å²) in [6.07, 6.45) is -0.159. The third-order valence-corrected chi connectivity index (χ3v) is 3.31. The molecular weight excluding hydrogens is 304 g/mol. The fourth-order valence-corrected chi connectivity index (χ4v) is 1.98. The van der Waals surface area contributed by atoms with E-state index < -0.39 is 5.97 Å². The van der Waals surface area contributed by atoms with Gasteiger partial charge in [-0.3, -0.25) is 9.59 Å². The Morgan fingerprint density at radius 3 is 2.18 bits per heavy atom. The molecule has 0 saturated carbocycles. The summed E-state index contributed by atoms with van der Waals surface area (Å²) in [5, 5.41) is 9.24. The number of benzene rings is 2. The van der Waals surface area contributed by atoms with Crippen LogP contribution < -0.4 is 4.74 Å². The molecule has 0 spiro atoms. The van der Waals surface area contributed by atoms with Crippen LogP contribution in [0.3, 0.4) is 0 Å². The largest absolute Gasteiger partial charge is 0.489 e. The van der Waals surface area contributed by atoms with E-state index in [0.717, 1.165) is 5.56 Å². The van der Waals surface area contributed by atoms with Gasteiger partial charge in [-0.05, 0) is 42.0 Å². The number of hydrogen-bond donors (Lipinski definition) is 1. The highest BCUT2D eigenvalue weighted by Crippen LogP contribution is 2.16. The number of rotatable bonds is 7. The van der Waals surface area contributed by atoms with Crippen molar-refractivity contribution in [1.82, 2.24) is 0 Å². The lowest BCUT2D eigenvalue weighted by Crippen LogP contribution is -2.03. The normalized spacial score (nSPS) is 10.2. The molecule has 2 rings (SSSR count). The smallest absolute Gasteiger partial charge is 0.303 e. The molecule has 0 aromatic heterocycles. The second-order valence-electron chi connectivity index (χ2n) is 4.76. The summed E-state index contributed by atoms with van der Waals surface area (Å²) < 4.78 is 5.62. The van der Waals surface area contributed by atoms with Gasteiger partial charge in [-0.1, -0.05) is 23.7 Å². The number of aliphatic carboxylic acids is 1. The van der Waals surface area contributed by atoms with Crippen molar-refractivity contribution < 1.29 is 19.4 Å². The Morgan fingerprint density at radius 1 is 0.955 bits per heavy atom. The number of Topliss-reactive ketones (excluding diaryl/α,β-unsaturated/α-hetero) is 1. The Balaban J connectivity index is 1.90. The van der Waals surface area contributed by atoms with Crippen molar-refractivity contribution >= 4 is 23.4 Å². The number of carboxylic acids is 1. The molecule has 0 saturated heterocycles. The molecule has 1 N–H and O–H groups in total. The van der Waals surface area contributed by atoms with Crippen molar-refractivity contribution in [2.45, 2.75) is 19.4 Å². The van der Waals surface area contributed by atoms with E-state index in [-0.39, 0.29) is 18.6 Å². The van der Waals surface area contributed by atoms with Gasteiger partial charge in [-0.2, -0.15) is 0 Å². The van der Waals surface area contributed by atoms with E-state index in [9.17, 15) is 9.59 Å². The topological polar surface area (TPSA) is 63.6 Å². The van der Waals surface area contributed by atoms with E-state index in [2.05, 4.69) is 0 Å². The third-order valence-electron chi connectivity index (χ3n) is 3.06. The molecule has 2 aromatic carbocycles. The van der Waals surface area contributed by atoms with Crippen LogP contribution in [0.1, 0.15) is 28.8 Å². The zero-order valence-electron chi connectivity index (χ0n) is 11.8. The first-order valence-corrected chi connectivity index (χ1v) is 7.14. The minimum atomic E-state index is -0.976. The van der Waals surface area contributed by atoms with Gasteiger partial charge in [-0.15, -0.1) is 0 Å². The summed E-state index contributed by atoms with van der Waals surface area (Å²) in [6, 6.07) is 14.0. The first kappa shape index (κ1) is 16.0. The molecular formula is C17H15ClO4. The Hall–Kier alpha value is -2.33. The molecule has 114 valence electrons. The van der Waals surface area contributed by atoms with Crippen LogP contribution in [-0.4, -0.2) is 16.9 Å². The molecule has 0 aliphatic rings. The minimum absolute atomic E-state index is 0.000309. The summed E-state index contributed by atoms with van der Waals surface area (Å²) in [4.78, 5) is 22.2. The van der Waals surface area contributed by atoms with Crippen molar-refractivity contribution in [2.24, 2.45) is 0 Å². The standard InChI is InChI=1S/C17H15ClO4/c18-14-5-1-12(2-6-14)11-22-15-7-3-13(4-8-15)16(19)9-10-17(20)21/h1-8H,9-11H2,(H,20,21). The van der Waals surface area contributed by atoms with Crippen LogP contribution in [0.4, 0.5) is 0 Å². The van der Waals surface area contributed by atoms with Crippen LogP contribution in [0.5, 0.6) is 5.75 Å². The minimum Gasteiger partial charge on any atom is -0.489 e. The predicted molar refractivity (Wildman–Crippen MR) is 83.4 cm³/mol. The van der Waals surface area contributed by atoms with Gasteiger partial charge in [0.15, 0.2) is 5.78 Å². The van der Waals surface area contributed by atoms with E-state index in [1.54, 1.807) is 36.4 Å². The van der Waals surface area contributed by atoms with Gasteiger partial charge in [0.05, 0.1) is 6.42 Å². The zero-order chi connectivity index (χ0) is 15.9. The SMILES string of the molecule is O=C(O)CCC(=O)c1ccc(OCc2ccc(Cl)cc2)cc1. The lowest BCUT2D eigenvalue weighted by Gasteiger charge is -2.07. The van der Waals surface area contributed by atoms with Gasteiger partial charge in [0.25, 0.3) is 0 Å². The van der Waals surface area contributed by atoms with Crippen LogP contribution in [0.25, 0.3) is 0 Å². The number of carbonyl (C=O) groups is 2. The number of ketones is 1. The fourth-order valence-electron chi connectivity index (χ4n) is 1.85. The van der Waals surface area contributed by atoms with Crippen molar-refractivity contribution in [1.29, 1.82) is 0 Å². The lowest BCUT2D eigenvalue weighted by molar-refractivity contribution is -0.136. The monoisotopic (exact) mass is 318 g/mol. The van der Waals surface area contributed by atoms with Crippen LogP contribution in [0.2, 0.25) is 5.02 Å². The van der Waals surface area contributed by atoms with Crippen LogP contribution in [0.15, 0.2) is 48.5 Å². The first-order chi connectivity index (χ1) is 10.5. The first-order valence-electron chi connectivity index (χ1n) is 6.77. The van der Waals surface area contributed by atoms with Crippen molar-refractivity contribution in [3.8, 4) is 5.75 Å². The molecule has 0 atom stereocenters. The highest BCUT2D eigenvalue weighted by molar-refractivity contribution is 6.30. The Bertz CT molecular complexity index is 647. The number of halogens is 1. The molecule has 0 unspecified atom stereocenters. The molecule has 0 heterocycles. The van der Waals surface area contributed by atoms with Crippen molar-refractivity contribution in [2.75, 3.05) is 0 Å². The Morgan fingerprint density at radius 2 is 1.59 bits per heavy atom. The molecule has 4 nitrogen and oxygen atoms in total. The van der Waals surface area contributed by atoms with Gasteiger partial charge in [0, 0.05) is 17.0 Å². The molecule has 2 aromatic rings. The quantitative estimate of drug-likeness (QED) is 0.785. The van der Waals surface area contributed by atoms with Crippen LogP contribution in [-0.2, 0) is 11.4 Å². The van der Waals surface area contributed by atoms with Gasteiger partial charge in [-0.25, -0.2) is 0 Å². The molecule has 0 fully saturated rings. The molecule has 0 aliphatic carbocycles. The second kappa shape index (κ2) is 7.61. The molecule has 0 aliphatic heterocycles. The Labute approximate surface area is 133 Å². The van der Waals surface area contributed by atoms with Crippen molar-refractivity contribution in [3.05, 3.63) is 64.7 Å². The molecule has 0 radical (unpaired) electrons. The molecule has 0 bridgehead atoms. The number of hydrogen-bond acceptors (Lipinski definition) is 3. The second-order valence-corrected chi connectivity index (χ2v) is 5.19. The molecule has 5 heteroatoms. The molecule has 0 amide bonds. The summed E-state index contributed by atoms with van der Waals surface area (Å²) >= 11 is 5.81. The van der Waals surface area contributed by atoms with Crippen molar-refractivity contribution in [3.63, 3.8) is 0 Å². The third kappa shape index (κ3) is 4.90. The maximum absolute atomic E-state index is 11.8. The van der Waals surface area contributed by atoms with Gasteiger partial charge in [0.1, 0.15) is 12.4 Å². The summed E-state index contributed by atoms with van der Waals surface area (Å²) in [6.45, 7) is 0.406. The average Bonchev–Trinajstić information content (AvgIpc) is 2.52. The average molecular weight is 319 g/mol. The van der Waals surface area contributed by atoms with E-state index in [1.807, 2.05) is 12.1 Å². The Kier molecular flexibility index (Phi) is 5.55. The molecule has 22 heavy (non-hydrogen) atoms. The zero-order valence-corrected chi connectivity index (χ0v) is 12.5. The fraction of sp³-hybridized carbons (Fsp3) is 0.176. The van der Waals surface area contributed by atoms with Gasteiger partial charge in [0.2, 0.25) is 0 Å².